The fraction of sp³-hybridized carbons (Fsp3) is 0.769. The average Bonchev–Trinajstić information content (AvgIpc) is 3.23. The Labute approximate surface area is 381 Å². The lowest BCUT2D eigenvalue weighted by molar-refractivity contribution is -0.870. The van der Waals surface area contributed by atoms with Gasteiger partial charge in [0.2, 0.25) is 0 Å². The normalized spacial score (nSPS) is 14.0. The molecule has 0 radical (unpaired) electrons. The molecule has 1 N–H and O–H groups in total. The van der Waals surface area contributed by atoms with E-state index in [1.807, 2.05) is 21.1 Å². The van der Waals surface area contributed by atoms with Crippen molar-refractivity contribution in [3.63, 3.8) is 0 Å². The first-order valence-corrected chi connectivity index (χ1v) is 26.5. The number of carbonyl (C=O) groups is 2. The molecule has 0 aromatic heterocycles. The molecule has 0 aliphatic heterocycles. The maximum absolute atomic E-state index is 12.7. The van der Waals surface area contributed by atoms with E-state index in [0.29, 0.717) is 23.9 Å². The van der Waals surface area contributed by atoms with E-state index in [0.717, 1.165) is 57.8 Å². The van der Waals surface area contributed by atoms with Crippen LogP contribution in [0.2, 0.25) is 0 Å². The molecule has 0 fully saturated rings. The van der Waals surface area contributed by atoms with Crippen LogP contribution in [0.4, 0.5) is 0 Å². The van der Waals surface area contributed by atoms with Crippen LogP contribution in [0.15, 0.2) is 60.8 Å². The van der Waals surface area contributed by atoms with Gasteiger partial charge >= 0.3 is 19.8 Å². The Morgan fingerprint density at radius 1 is 0.500 bits per heavy atom. The summed E-state index contributed by atoms with van der Waals surface area (Å²) < 4.78 is 34.3. The van der Waals surface area contributed by atoms with Crippen LogP contribution in [-0.2, 0) is 32.7 Å². The molecule has 0 saturated heterocycles. The Kier molecular flexibility index (Phi) is 42.3. The lowest BCUT2D eigenvalue weighted by atomic mass is 10.0. The number of carbonyl (C=O) groups excluding carboxylic acids is 2. The zero-order valence-corrected chi connectivity index (χ0v) is 41.5. The number of hydrogen-bond acceptors (Lipinski definition) is 7. The topological polar surface area (TPSA) is 108 Å². The summed E-state index contributed by atoms with van der Waals surface area (Å²) in [6.45, 7) is 4.31. The maximum Gasteiger partial charge on any atom is 0.472 e. The first kappa shape index (κ1) is 59.7. The molecule has 0 aromatic rings. The van der Waals surface area contributed by atoms with Crippen molar-refractivity contribution >= 4 is 19.8 Å². The number of esters is 2. The van der Waals surface area contributed by atoms with Gasteiger partial charge in [-0.2, -0.15) is 0 Å². The average molecular weight is 893 g/mol. The van der Waals surface area contributed by atoms with Gasteiger partial charge in [0.15, 0.2) is 6.10 Å². The molecule has 2 atom stereocenters. The van der Waals surface area contributed by atoms with Crippen molar-refractivity contribution in [2.45, 2.75) is 213 Å². The third-order valence-corrected chi connectivity index (χ3v) is 11.5. The third-order valence-electron chi connectivity index (χ3n) is 10.5. The summed E-state index contributed by atoms with van der Waals surface area (Å²) in [6.07, 6.45) is 54.4. The van der Waals surface area contributed by atoms with E-state index < -0.39 is 32.5 Å². The Balaban J connectivity index is 4.34. The van der Waals surface area contributed by atoms with Crippen LogP contribution in [0.3, 0.4) is 0 Å². The molecule has 62 heavy (non-hydrogen) atoms. The molecular weight excluding hydrogens is 798 g/mol. The SMILES string of the molecule is CCCCC/C=C/C/C=C/C/C=C/CCCCC(=O)O[C@@H](COC(=O)CCC/C=C/CC/C=C/CCCCCCCCCCCCCCCC)COP(=O)(O)OCC[N+](C)(C)C. The van der Waals surface area contributed by atoms with Crippen molar-refractivity contribution in [1.82, 2.24) is 0 Å². The minimum absolute atomic E-state index is 0.0166. The molecule has 0 amide bonds. The summed E-state index contributed by atoms with van der Waals surface area (Å²) in [6, 6.07) is 0. The lowest BCUT2D eigenvalue weighted by Gasteiger charge is -2.24. The Hall–Kier alpha value is -2.29. The number of hydrogen-bond donors (Lipinski definition) is 1. The lowest BCUT2D eigenvalue weighted by Crippen LogP contribution is -2.37. The van der Waals surface area contributed by atoms with Crippen LogP contribution < -0.4 is 0 Å². The zero-order chi connectivity index (χ0) is 45.7. The van der Waals surface area contributed by atoms with E-state index in [9.17, 15) is 19.0 Å². The molecule has 0 spiro atoms. The quantitative estimate of drug-likeness (QED) is 0.0212. The number of quaternary nitrogens is 1. The van der Waals surface area contributed by atoms with E-state index in [2.05, 4.69) is 74.6 Å². The number of unbranched alkanes of at least 4 members (excludes halogenated alkanes) is 21. The summed E-state index contributed by atoms with van der Waals surface area (Å²) in [5.74, 6) is -0.893. The second kappa shape index (κ2) is 43.9. The van der Waals surface area contributed by atoms with E-state index >= 15 is 0 Å². The van der Waals surface area contributed by atoms with Gasteiger partial charge < -0.3 is 18.9 Å². The van der Waals surface area contributed by atoms with Crippen molar-refractivity contribution in [1.29, 1.82) is 0 Å². The summed E-state index contributed by atoms with van der Waals surface area (Å²) in [7, 11) is 1.43. The van der Waals surface area contributed by atoms with E-state index in [1.54, 1.807) is 0 Å². The molecule has 1 unspecified atom stereocenters. The van der Waals surface area contributed by atoms with Crippen molar-refractivity contribution in [3.05, 3.63) is 60.8 Å². The predicted octanol–water partition coefficient (Wildman–Crippen LogP) is 14.8. The monoisotopic (exact) mass is 893 g/mol. The second-order valence-corrected chi connectivity index (χ2v) is 19.3. The van der Waals surface area contributed by atoms with Crippen molar-refractivity contribution in [2.75, 3.05) is 47.5 Å². The number of phosphoric ester groups is 1. The molecule has 0 aliphatic carbocycles. The first-order chi connectivity index (χ1) is 30.0. The number of rotatable bonds is 45. The number of ether oxygens (including phenoxy) is 2. The van der Waals surface area contributed by atoms with Gasteiger partial charge in [-0.25, -0.2) is 4.57 Å². The maximum atomic E-state index is 12.7. The minimum atomic E-state index is -4.40. The van der Waals surface area contributed by atoms with Crippen LogP contribution in [-0.4, -0.2) is 74.9 Å². The van der Waals surface area contributed by atoms with Crippen LogP contribution in [0.25, 0.3) is 0 Å². The molecule has 360 valence electrons. The van der Waals surface area contributed by atoms with Gasteiger partial charge in [0.05, 0.1) is 27.7 Å². The number of likely N-dealkylation sites (N-methyl/N-ethyl adjacent to an activating group) is 1. The highest BCUT2D eigenvalue weighted by Gasteiger charge is 2.27. The summed E-state index contributed by atoms with van der Waals surface area (Å²) in [4.78, 5) is 35.4. The fourth-order valence-corrected chi connectivity index (χ4v) is 7.31. The summed E-state index contributed by atoms with van der Waals surface area (Å²) in [5.41, 5.74) is 0. The van der Waals surface area contributed by atoms with Gasteiger partial charge in [0.25, 0.3) is 0 Å². The highest BCUT2D eigenvalue weighted by atomic mass is 31.2. The first-order valence-electron chi connectivity index (χ1n) is 25.0. The Bertz CT molecular complexity index is 1240. The van der Waals surface area contributed by atoms with Crippen LogP contribution in [0.1, 0.15) is 206 Å². The van der Waals surface area contributed by atoms with Crippen LogP contribution >= 0.6 is 7.82 Å². The molecular formula is C52H95NO8P+. The largest absolute Gasteiger partial charge is 0.472 e. The Morgan fingerprint density at radius 3 is 1.44 bits per heavy atom. The molecule has 0 saturated carbocycles. The van der Waals surface area contributed by atoms with Gasteiger partial charge in [-0.3, -0.25) is 18.6 Å². The van der Waals surface area contributed by atoms with Crippen molar-refractivity contribution in [3.8, 4) is 0 Å². The van der Waals surface area contributed by atoms with Gasteiger partial charge in [-0.05, 0) is 83.5 Å². The van der Waals surface area contributed by atoms with E-state index in [4.69, 9.17) is 18.5 Å². The second-order valence-electron chi connectivity index (χ2n) is 17.8. The van der Waals surface area contributed by atoms with E-state index in [1.165, 1.54) is 109 Å². The fourth-order valence-electron chi connectivity index (χ4n) is 6.57. The summed E-state index contributed by atoms with van der Waals surface area (Å²) >= 11 is 0. The molecule has 9 nitrogen and oxygen atoms in total. The third kappa shape index (κ3) is 47.2. The zero-order valence-electron chi connectivity index (χ0n) is 40.6. The molecule has 0 aliphatic rings. The highest BCUT2D eigenvalue weighted by molar-refractivity contribution is 7.47. The van der Waals surface area contributed by atoms with Crippen LogP contribution in [0.5, 0.6) is 0 Å². The molecule has 0 heterocycles. The molecule has 10 heteroatoms. The van der Waals surface area contributed by atoms with Gasteiger partial charge in [-0.1, -0.05) is 171 Å². The highest BCUT2D eigenvalue weighted by Crippen LogP contribution is 2.43. The molecule has 0 aromatic carbocycles. The van der Waals surface area contributed by atoms with E-state index in [-0.39, 0.29) is 26.1 Å². The number of nitrogens with zero attached hydrogens (tertiary/aromatic N) is 1. The standard InChI is InChI=1S/C52H94NO8P/c1-6-8-10-12-14-16-18-20-22-23-24-25-26-27-28-29-31-32-34-36-38-40-42-44-51(54)58-48-50(49-60-62(56,57)59-47-46-53(3,4)5)61-52(55)45-43-41-39-37-35-33-30-21-19-17-15-13-11-9-7-2/h15,17,21,29-31,35-38,50H,6-14,16,18-20,22-28,32-34,39-49H2,1-5H3/p+1/b17-15+,30-21+,31-29+,37-35+,38-36+/t50-/m0/s1. The number of allylic oxidation sites excluding steroid dienone is 10. The molecule has 0 bridgehead atoms. The predicted molar refractivity (Wildman–Crippen MR) is 261 cm³/mol. The minimum Gasteiger partial charge on any atom is -0.462 e. The smallest absolute Gasteiger partial charge is 0.462 e. The van der Waals surface area contributed by atoms with Gasteiger partial charge in [-0.15, -0.1) is 0 Å². The summed E-state index contributed by atoms with van der Waals surface area (Å²) in [5, 5.41) is 0. The van der Waals surface area contributed by atoms with Gasteiger partial charge in [0, 0.05) is 12.8 Å². The van der Waals surface area contributed by atoms with Crippen LogP contribution in [0, 0.1) is 0 Å². The van der Waals surface area contributed by atoms with Crippen molar-refractivity contribution < 1.29 is 42.1 Å². The van der Waals surface area contributed by atoms with Crippen molar-refractivity contribution in [2.24, 2.45) is 0 Å². The van der Waals surface area contributed by atoms with Gasteiger partial charge in [0.1, 0.15) is 19.8 Å². The molecule has 0 rings (SSSR count). The number of phosphoric acid groups is 1. The Morgan fingerprint density at radius 2 is 0.903 bits per heavy atom.